The smallest absolute Gasteiger partial charge is 0.410 e. The lowest BCUT2D eigenvalue weighted by molar-refractivity contribution is -0.126. The minimum Gasteiger partial charge on any atom is -0.445 e. The number of carbonyl (C=O) groups is 1. The maximum atomic E-state index is 14.2. The molecule has 3 heterocycles. The van der Waals surface area contributed by atoms with Crippen LogP contribution in [0.5, 0.6) is 0 Å². The van der Waals surface area contributed by atoms with Crippen LogP contribution in [-0.4, -0.2) is 79.1 Å². The molecule has 0 radical (unpaired) electrons. The highest BCUT2D eigenvalue weighted by Gasteiger charge is 2.36. The minimum atomic E-state index is -4.45. The van der Waals surface area contributed by atoms with Crippen LogP contribution in [0.25, 0.3) is 10.1 Å². The number of aliphatic hydroxyl groups is 1. The average Bonchev–Trinajstić information content (AvgIpc) is 3.53. The van der Waals surface area contributed by atoms with E-state index in [0.717, 1.165) is 16.9 Å². The molecule has 3 aromatic rings. The SMILES string of the molecule is O=C(OCc1ccccc1)N1CCC(O)(CO/N=C/c2sc3c(N[C@@H]4CNC[C@@H]4F)cccc3c2CC(F)(F)F)CC1. The number of thiophene rings is 1. The Bertz CT molecular complexity index is 1390. The van der Waals surface area contributed by atoms with Crippen molar-refractivity contribution in [3.63, 3.8) is 0 Å². The van der Waals surface area contributed by atoms with Gasteiger partial charge in [-0.2, -0.15) is 13.2 Å². The van der Waals surface area contributed by atoms with Gasteiger partial charge in [-0.3, -0.25) is 0 Å². The van der Waals surface area contributed by atoms with Crippen molar-refractivity contribution in [1.29, 1.82) is 0 Å². The third kappa shape index (κ3) is 7.50. The summed E-state index contributed by atoms with van der Waals surface area (Å²) in [5.41, 5.74) is 0.231. The molecule has 0 saturated carbocycles. The van der Waals surface area contributed by atoms with E-state index in [1.807, 2.05) is 30.3 Å². The van der Waals surface area contributed by atoms with Gasteiger partial charge in [0.15, 0.2) is 0 Å². The van der Waals surface area contributed by atoms with Crippen LogP contribution in [0.3, 0.4) is 0 Å². The van der Waals surface area contributed by atoms with E-state index in [9.17, 15) is 27.5 Å². The van der Waals surface area contributed by atoms with E-state index in [0.29, 0.717) is 22.3 Å². The maximum absolute atomic E-state index is 14.2. The number of oxime groups is 1. The van der Waals surface area contributed by atoms with Crippen LogP contribution in [0.15, 0.2) is 53.7 Å². The van der Waals surface area contributed by atoms with Gasteiger partial charge in [-0.1, -0.05) is 47.6 Å². The molecule has 5 rings (SSSR count). The maximum Gasteiger partial charge on any atom is 0.410 e. The Balaban J connectivity index is 1.20. The molecule has 13 heteroatoms. The molecule has 226 valence electrons. The molecule has 2 aliphatic rings. The third-order valence-corrected chi connectivity index (χ3v) is 8.66. The first-order chi connectivity index (χ1) is 20.1. The van der Waals surface area contributed by atoms with Crippen molar-refractivity contribution in [2.75, 3.05) is 38.1 Å². The van der Waals surface area contributed by atoms with Gasteiger partial charge in [-0.25, -0.2) is 9.18 Å². The van der Waals surface area contributed by atoms with Gasteiger partial charge in [0.05, 0.1) is 33.9 Å². The summed E-state index contributed by atoms with van der Waals surface area (Å²) in [6.45, 7) is 1.11. The number of fused-ring (bicyclic) bond motifs is 1. The first kappa shape index (κ1) is 30.1. The van der Waals surface area contributed by atoms with E-state index >= 15 is 0 Å². The Morgan fingerprint density at radius 3 is 2.62 bits per heavy atom. The number of likely N-dealkylation sites (tertiary alicyclic amines) is 1. The lowest BCUT2D eigenvalue weighted by Gasteiger charge is -2.36. The Labute approximate surface area is 244 Å². The zero-order chi connectivity index (χ0) is 29.7. The van der Waals surface area contributed by atoms with Gasteiger partial charge in [0.25, 0.3) is 0 Å². The van der Waals surface area contributed by atoms with Crippen LogP contribution < -0.4 is 10.6 Å². The van der Waals surface area contributed by atoms with Crippen LogP contribution in [-0.2, 0) is 22.6 Å². The second-order valence-corrected chi connectivity index (χ2v) is 11.7. The zero-order valence-corrected chi connectivity index (χ0v) is 23.5. The largest absolute Gasteiger partial charge is 0.445 e. The number of alkyl halides is 4. The summed E-state index contributed by atoms with van der Waals surface area (Å²) in [6.07, 6.45) is -5.51. The van der Waals surface area contributed by atoms with E-state index in [2.05, 4.69) is 15.8 Å². The molecule has 3 N–H and O–H groups in total. The quantitative estimate of drug-likeness (QED) is 0.175. The average molecular weight is 609 g/mol. The summed E-state index contributed by atoms with van der Waals surface area (Å²) in [6, 6.07) is 13.8. The number of halogens is 4. The topological polar surface area (TPSA) is 95.4 Å². The molecule has 0 unspecified atom stereocenters. The van der Waals surface area contributed by atoms with Crippen LogP contribution in [0.2, 0.25) is 0 Å². The summed E-state index contributed by atoms with van der Waals surface area (Å²) in [5.74, 6) is 0. The van der Waals surface area contributed by atoms with Crippen molar-refractivity contribution < 1.29 is 37.0 Å². The van der Waals surface area contributed by atoms with Crippen molar-refractivity contribution >= 4 is 39.4 Å². The normalized spacial score (nSPS) is 20.7. The number of benzene rings is 2. The molecule has 2 aromatic carbocycles. The lowest BCUT2D eigenvalue weighted by Crippen LogP contribution is -2.48. The van der Waals surface area contributed by atoms with Crippen molar-refractivity contribution in [3.05, 3.63) is 64.5 Å². The lowest BCUT2D eigenvalue weighted by atomic mass is 9.93. The van der Waals surface area contributed by atoms with Gasteiger partial charge < -0.3 is 30.2 Å². The minimum absolute atomic E-state index is 0.0564. The van der Waals surface area contributed by atoms with Crippen molar-refractivity contribution in [2.45, 2.75) is 49.9 Å². The number of amides is 1. The molecule has 0 bridgehead atoms. The van der Waals surface area contributed by atoms with Gasteiger partial charge in [-0.05, 0) is 35.4 Å². The molecular formula is C29H32F4N4O4S. The van der Waals surface area contributed by atoms with Gasteiger partial charge in [0, 0.05) is 26.2 Å². The molecule has 2 atom stereocenters. The molecule has 2 fully saturated rings. The van der Waals surface area contributed by atoms with E-state index in [-0.39, 0.29) is 56.1 Å². The fraction of sp³-hybridized carbons (Fsp3) is 0.448. The number of anilines is 1. The number of carbonyl (C=O) groups excluding carboxylic acids is 1. The highest BCUT2D eigenvalue weighted by molar-refractivity contribution is 7.21. The Hall–Kier alpha value is -3.42. The highest BCUT2D eigenvalue weighted by Crippen LogP contribution is 2.39. The number of ether oxygens (including phenoxy) is 1. The fourth-order valence-corrected chi connectivity index (χ4v) is 6.24. The predicted molar refractivity (Wildman–Crippen MR) is 153 cm³/mol. The van der Waals surface area contributed by atoms with E-state index in [1.165, 1.54) is 11.1 Å². The third-order valence-electron chi connectivity index (χ3n) is 7.44. The van der Waals surface area contributed by atoms with Crippen molar-refractivity contribution in [1.82, 2.24) is 10.2 Å². The Morgan fingerprint density at radius 1 is 1.17 bits per heavy atom. The number of piperidine rings is 1. The first-order valence-electron chi connectivity index (χ1n) is 13.7. The van der Waals surface area contributed by atoms with E-state index in [4.69, 9.17) is 9.57 Å². The van der Waals surface area contributed by atoms with Crippen molar-refractivity contribution in [3.8, 4) is 0 Å². The van der Waals surface area contributed by atoms with Gasteiger partial charge >= 0.3 is 12.3 Å². The Morgan fingerprint density at radius 2 is 1.93 bits per heavy atom. The number of nitrogens with zero attached hydrogens (tertiary/aromatic N) is 2. The molecule has 0 aliphatic carbocycles. The zero-order valence-electron chi connectivity index (χ0n) is 22.7. The molecular weight excluding hydrogens is 576 g/mol. The number of rotatable bonds is 9. The molecule has 1 aromatic heterocycles. The predicted octanol–water partition coefficient (Wildman–Crippen LogP) is 5.24. The molecule has 1 amide bonds. The molecule has 2 saturated heterocycles. The van der Waals surface area contributed by atoms with E-state index < -0.39 is 36.5 Å². The standard InChI is InChI=1S/C29H32F4N4O4S/c30-22-14-34-15-24(22)36-23-8-4-7-20-21(13-29(31,32)33)25(42-26(20)23)16-35-41-18-28(39)9-11-37(12-10-28)27(38)40-17-19-5-2-1-3-6-19/h1-8,16,22,24,34,36,39H,9-15,17-18H2/b35-16+/t22-,24+/m0/s1. The number of hydrogen-bond donors (Lipinski definition) is 3. The molecule has 0 spiro atoms. The number of nitrogens with one attached hydrogen (secondary N) is 2. The number of hydrogen-bond acceptors (Lipinski definition) is 8. The van der Waals surface area contributed by atoms with Gasteiger partial charge in [-0.15, -0.1) is 11.3 Å². The van der Waals surface area contributed by atoms with Crippen molar-refractivity contribution in [2.24, 2.45) is 5.16 Å². The van der Waals surface area contributed by atoms with Gasteiger partial charge in [0.1, 0.15) is 25.0 Å². The van der Waals surface area contributed by atoms with E-state index in [1.54, 1.807) is 18.2 Å². The summed E-state index contributed by atoms with van der Waals surface area (Å²) in [7, 11) is 0. The van der Waals surface area contributed by atoms with Gasteiger partial charge in [0.2, 0.25) is 0 Å². The van der Waals surface area contributed by atoms with Crippen LogP contribution in [0.4, 0.5) is 28.0 Å². The summed E-state index contributed by atoms with van der Waals surface area (Å²) >= 11 is 1.11. The van der Waals surface area contributed by atoms with Crippen LogP contribution >= 0.6 is 11.3 Å². The molecule has 2 aliphatic heterocycles. The summed E-state index contributed by atoms with van der Waals surface area (Å²) < 4.78 is 60.6. The molecule has 8 nitrogen and oxygen atoms in total. The monoisotopic (exact) mass is 608 g/mol. The summed E-state index contributed by atoms with van der Waals surface area (Å²) in [5, 5.41) is 21.3. The van der Waals surface area contributed by atoms with Crippen LogP contribution in [0, 0.1) is 0 Å². The summed E-state index contributed by atoms with van der Waals surface area (Å²) in [4.78, 5) is 19.5. The Kier molecular flexibility index (Phi) is 9.19. The highest BCUT2D eigenvalue weighted by atomic mass is 32.1. The van der Waals surface area contributed by atoms with Crippen LogP contribution in [0.1, 0.15) is 28.8 Å². The fourth-order valence-electron chi connectivity index (χ4n) is 5.08. The molecule has 42 heavy (non-hydrogen) atoms. The first-order valence-corrected chi connectivity index (χ1v) is 14.5. The second kappa shape index (κ2) is 12.8. The second-order valence-electron chi connectivity index (χ2n) is 10.6.